The van der Waals surface area contributed by atoms with Crippen LogP contribution in [-0.2, 0) is 27.4 Å². The molecule has 0 fully saturated rings. The number of hydrogen-bond acceptors (Lipinski definition) is 8. The van der Waals surface area contributed by atoms with Crippen LogP contribution >= 0.6 is 0 Å². The van der Waals surface area contributed by atoms with Crippen LogP contribution in [0.1, 0.15) is 11.3 Å². The van der Waals surface area contributed by atoms with Crippen LogP contribution in [0.5, 0.6) is 5.88 Å². The standard InChI is InChI=1S/C22H25F3N8O5/c1-12-18(38-20(36)22(23,24)25)31-17(29-7-6-13-10-30-15-5-3-2-4-14(13)15)19(35)33(12)11-16(34)28-8-9-37-32-21(26)27/h2-5,10,30H,6-9,11H2,1H3,(H,28,34)(H,29,31)(H4,26,27,32). The fraction of sp³-hybridized carbons (Fsp3) is 0.318. The van der Waals surface area contributed by atoms with Crippen molar-refractivity contribution in [3.8, 4) is 5.88 Å². The van der Waals surface area contributed by atoms with Gasteiger partial charge >= 0.3 is 12.1 Å². The van der Waals surface area contributed by atoms with Gasteiger partial charge in [0, 0.05) is 23.6 Å². The summed E-state index contributed by atoms with van der Waals surface area (Å²) in [6.07, 6.45) is -3.08. The van der Waals surface area contributed by atoms with Crippen LogP contribution in [0.4, 0.5) is 19.0 Å². The molecule has 0 aliphatic heterocycles. The number of amides is 1. The quantitative estimate of drug-likeness (QED) is 0.0759. The minimum Gasteiger partial charge on any atom is -0.399 e. The van der Waals surface area contributed by atoms with Crippen molar-refractivity contribution in [3.63, 3.8) is 0 Å². The third-order valence-corrected chi connectivity index (χ3v) is 5.15. The number of benzene rings is 1. The van der Waals surface area contributed by atoms with Gasteiger partial charge in [-0.1, -0.05) is 18.2 Å². The van der Waals surface area contributed by atoms with Gasteiger partial charge < -0.3 is 36.7 Å². The van der Waals surface area contributed by atoms with E-state index in [2.05, 4.69) is 30.5 Å². The third kappa shape index (κ3) is 7.14. The molecule has 0 unspecified atom stereocenters. The van der Waals surface area contributed by atoms with E-state index in [1.807, 2.05) is 24.3 Å². The number of anilines is 1. The highest BCUT2D eigenvalue weighted by molar-refractivity contribution is 5.83. The van der Waals surface area contributed by atoms with E-state index in [9.17, 15) is 27.6 Å². The van der Waals surface area contributed by atoms with E-state index < -0.39 is 41.9 Å². The summed E-state index contributed by atoms with van der Waals surface area (Å²) in [7, 11) is 0. The number of alkyl halides is 3. The molecular weight excluding hydrogens is 513 g/mol. The number of carbonyl (C=O) groups is 2. The summed E-state index contributed by atoms with van der Waals surface area (Å²) in [4.78, 5) is 48.5. The van der Waals surface area contributed by atoms with Crippen LogP contribution in [0, 0.1) is 6.92 Å². The van der Waals surface area contributed by atoms with Gasteiger partial charge in [-0.25, -0.2) is 4.79 Å². The van der Waals surface area contributed by atoms with E-state index in [4.69, 9.17) is 16.3 Å². The SMILES string of the molecule is Cc1c(OC(=O)C(F)(F)F)nc(NCCc2c[nH]c3ccccc23)c(=O)n1CC(=O)NCCON=C(N)N. The van der Waals surface area contributed by atoms with E-state index in [1.54, 1.807) is 6.20 Å². The van der Waals surface area contributed by atoms with Crippen molar-refractivity contribution in [1.29, 1.82) is 0 Å². The molecule has 2 aromatic heterocycles. The Kier molecular flexibility index (Phi) is 8.77. The first-order chi connectivity index (χ1) is 18.0. The second-order valence-corrected chi connectivity index (χ2v) is 7.87. The highest BCUT2D eigenvalue weighted by Gasteiger charge is 2.42. The molecule has 204 valence electrons. The molecule has 0 saturated carbocycles. The summed E-state index contributed by atoms with van der Waals surface area (Å²) in [6.45, 7) is 0.610. The van der Waals surface area contributed by atoms with Crippen molar-refractivity contribution in [2.75, 3.05) is 25.0 Å². The molecule has 13 nitrogen and oxygen atoms in total. The van der Waals surface area contributed by atoms with Gasteiger partial charge in [-0.15, -0.1) is 0 Å². The van der Waals surface area contributed by atoms with Crippen molar-refractivity contribution in [3.05, 3.63) is 52.1 Å². The lowest BCUT2D eigenvalue weighted by Crippen LogP contribution is -2.37. The Balaban J connectivity index is 1.79. The maximum Gasteiger partial charge on any atom is 0.491 e. The van der Waals surface area contributed by atoms with Gasteiger partial charge in [0.1, 0.15) is 13.2 Å². The third-order valence-electron chi connectivity index (χ3n) is 5.15. The van der Waals surface area contributed by atoms with Gasteiger partial charge in [0.05, 0.1) is 12.2 Å². The van der Waals surface area contributed by atoms with Crippen molar-refractivity contribution in [1.82, 2.24) is 19.9 Å². The van der Waals surface area contributed by atoms with Crippen LogP contribution < -0.4 is 32.4 Å². The van der Waals surface area contributed by atoms with Crippen molar-refractivity contribution < 1.29 is 32.3 Å². The topological polar surface area (TPSA) is 192 Å². The fourth-order valence-corrected chi connectivity index (χ4v) is 3.38. The van der Waals surface area contributed by atoms with Crippen LogP contribution in [0.2, 0.25) is 0 Å². The largest absolute Gasteiger partial charge is 0.491 e. The molecule has 3 aromatic rings. The summed E-state index contributed by atoms with van der Waals surface area (Å²) in [6, 6.07) is 7.54. The van der Waals surface area contributed by atoms with Crippen LogP contribution in [0.3, 0.4) is 0 Å². The lowest BCUT2D eigenvalue weighted by molar-refractivity contribution is -0.190. The number of halogens is 3. The first-order valence-corrected chi connectivity index (χ1v) is 11.1. The van der Waals surface area contributed by atoms with E-state index in [0.29, 0.717) is 6.42 Å². The van der Waals surface area contributed by atoms with E-state index in [-0.39, 0.29) is 31.3 Å². The number of hydrogen-bond donors (Lipinski definition) is 5. The molecule has 0 bridgehead atoms. The highest BCUT2D eigenvalue weighted by atomic mass is 19.4. The van der Waals surface area contributed by atoms with E-state index >= 15 is 0 Å². The number of esters is 1. The number of H-pyrrole nitrogens is 1. The summed E-state index contributed by atoms with van der Waals surface area (Å²) >= 11 is 0. The first-order valence-electron chi connectivity index (χ1n) is 11.1. The van der Waals surface area contributed by atoms with Gasteiger partial charge in [-0.2, -0.15) is 18.2 Å². The maximum atomic E-state index is 13.0. The number of ether oxygens (including phenoxy) is 1. The number of aromatic amines is 1. The zero-order valence-electron chi connectivity index (χ0n) is 20.1. The van der Waals surface area contributed by atoms with Gasteiger partial charge in [-0.3, -0.25) is 14.2 Å². The van der Waals surface area contributed by atoms with Crippen molar-refractivity contribution >= 4 is 34.6 Å². The molecule has 0 spiro atoms. The molecule has 3 rings (SSSR count). The number of nitrogens with two attached hydrogens (primary N) is 2. The van der Waals surface area contributed by atoms with Crippen LogP contribution in [0.25, 0.3) is 10.9 Å². The molecular formula is C22H25F3N8O5. The number of aromatic nitrogens is 3. The lowest BCUT2D eigenvalue weighted by Gasteiger charge is -2.16. The average Bonchev–Trinajstić information content (AvgIpc) is 3.26. The molecule has 0 aliphatic carbocycles. The maximum absolute atomic E-state index is 13.0. The van der Waals surface area contributed by atoms with Crippen molar-refractivity contribution in [2.24, 2.45) is 16.6 Å². The molecule has 7 N–H and O–H groups in total. The number of nitrogens with zero attached hydrogens (tertiary/aromatic N) is 3. The summed E-state index contributed by atoms with van der Waals surface area (Å²) in [5.41, 5.74) is 11.0. The Bertz CT molecular complexity index is 1400. The molecule has 1 amide bonds. The minimum atomic E-state index is -5.30. The number of nitrogens with one attached hydrogen (secondary N) is 3. The van der Waals surface area contributed by atoms with Gasteiger partial charge in [-0.05, 0) is 30.1 Å². The lowest BCUT2D eigenvalue weighted by atomic mass is 10.1. The average molecular weight is 538 g/mol. The molecule has 2 heterocycles. The Hall–Kier alpha value is -4.76. The zero-order valence-corrected chi connectivity index (χ0v) is 20.1. The zero-order chi connectivity index (χ0) is 27.9. The second-order valence-electron chi connectivity index (χ2n) is 7.87. The number of carbonyl (C=O) groups excluding carboxylic acids is 2. The number of para-hydroxylation sites is 1. The molecule has 0 saturated heterocycles. The molecule has 0 atom stereocenters. The summed E-state index contributed by atoms with van der Waals surface area (Å²) < 4.78 is 43.7. The molecule has 0 radical (unpaired) electrons. The Morgan fingerprint density at radius 1 is 1.21 bits per heavy atom. The molecule has 1 aromatic carbocycles. The molecule has 0 aliphatic rings. The monoisotopic (exact) mass is 538 g/mol. The number of fused-ring (bicyclic) bond motifs is 1. The minimum absolute atomic E-state index is 0.0415. The fourth-order valence-electron chi connectivity index (χ4n) is 3.38. The Labute approximate surface area is 213 Å². The number of oxime groups is 1. The highest BCUT2D eigenvalue weighted by Crippen LogP contribution is 2.22. The van der Waals surface area contributed by atoms with Crippen LogP contribution in [-0.4, -0.2) is 58.2 Å². The first kappa shape index (κ1) is 27.8. The predicted octanol–water partition coefficient (Wildman–Crippen LogP) is 0.477. The normalized spacial score (nSPS) is 11.2. The number of guanidine groups is 1. The second kappa shape index (κ2) is 12.0. The van der Waals surface area contributed by atoms with Gasteiger partial charge in [0.2, 0.25) is 17.7 Å². The summed E-state index contributed by atoms with van der Waals surface area (Å²) in [5, 5.41) is 9.43. The van der Waals surface area contributed by atoms with E-state index in [1.165, 1.54) is 6.92 Å². The van der Waals surface area contributed by atoms with Gasteiger partial charge in [0.15, 0.2) is 5.82 Å². The smallest absolute Gasteiger partial charge is 0.399 e. The van der Waals surface area contributed by atoms with Crippen molar-refractivity contribution in [2.45, 2.75) is 26.1 Å². The Morgan fingerprint density at radius 2 is 1.95 bits per heavy atom. The van der Waals surface area contributed by atoms with Gasteiger partial charge in [0.25, 0.3) is 5.56 Å². The Morgan fingerprint density at radius 3 is 2.66 bits per heavy atom. The van der Waals surface area contributed by atoms with E-state index in [0.717, 1.165) is 21.0 Å². The predicted molar refractivity (Wildman–Crippen MR) is 130 cm³/mol. The van der Waals surface area contributed by atoms with Crippen LogP contribution in [0.15, 0.2) is 40.4 Å². The summed E-state index contributed by atoms with van der Waals surface area (Å²) in [5.74, 6) is -4.70. The number of rotatable bonds is 11. The molecule has 16 heteroatoms. The molecule has 38 heavy (non-hydrogen) atoms.